The Hall–Kier alpha value is -1.37. The van der Waals surface area contributed by atoms with Crippen LogP contribution in [0, 0.1) is 6.92 Å². The number of benzene rings is 1. The molecule has 18 heavy (non-hydrogen) atoms. The lowest BCUT2D eigenvalue weighted by molar-refractivity contribution is 0.632. The topological polar surface area (TPSA) is 12.9 Å². The Bertz CT molecular complexity index is 502. The SMILES string of the molecule is CCCCCCCc1ccc2nc(C)ccc2c1. The minimum atomic E-state index is 1.09. The second kappa shape index (κ2) is 6.53. The molecule has 0 radical (unpaired) electrons. The minimum absolute atomic E-state index is 1.09. The van der Waals surface area contributed by atoms with Gasteiger partial charge in [0.25, 0.3) is 0 Å². The van der Waals surface area contributed by atoms with Gasteiger partial charge < -0.3 is 0 Å². The number of hydrogen-bond donors (Lipinski definition) is 0. The van der Waals surface area contributed by atoms with Crippen molar-refractivity contribution in [3.8, 4) is 0 Å². The van der Waals surface area contributed by atoms with E-state index in [1.54, 1.807) is 0 Å². The van der Waals surface area contributed by atoms with Gasteiger partial charge in [-0.2, -0.15) is 0 Å². The maximum atomic E-state index is 4.54. The smallest absolute Gasteiger partial charge is 0.0705 e. The number of aromatic nitrogens is 1. The largest absolute Gasteiger partial charge is 0.253 e. The van der Waals surface area contributed by atoms with Crippen molar-refractivity contribution in [2.45, 2.75) is 52.4 Å². The average Bonchev–Trinajstić information content (AvgIpc) is 2.38. The van der Waals surface area contributed by atoms with Crippen LogP contribution in [0.2, 0.25) is 0 Å². The van der Waals surface area contributed by atoms with E-state index in [4.69, 9.17) is 0 Å². The third-order valence-corrected chi connectivity index (χ3v) is 3.46. The molecule has 0 unspecified atom stereocenters. The molecule has 0 spiro atoms. The quantitative estimate of drug-likeness (QED) is 0.644. The summed E-state index contributed by atoms with van der Waals surface area (Å²) in [6, 6.07) is 10.9. The molecule has 2 aromatic rings. The third-order valence-electron chi connectivity index (χ3n) is 3.46. The predicted molar refractivity (Wildman–Crippen MR) is 78.9 cm³/mol. The van der Waals surface area contributed by atoms with Crippen LogP contribution in [0.1, 0.15) is 50.3 Å². The van der Waals surface area contributed by atoms with E-state index in [1.807, 2.05) is 6.92 Å². The van der Waals surface area contributed by atoms with E-state index >= 15 is 0 Å². The van der Waals surface area contributed by atoms with E-state index in [2.05, 4.69) is 42.2 Å². The lowest BCUT2D eigenvalue weighted by atomic mass is 10.0. The molecule has 0 atom stereocenters. The monoisotopic (exact) mass is 241 g/mol. The van der Waals surface area contributed by atoms with Crippen molar-refractivity contribution in [3.63, 3.8) is 0 Å². The second-order valence-electron chi connectivity index (χ2n) is 5.14. The van der Waals surface area contributed by atoms with Gasteiger partial charge in [0.15, 0.2) is 0 Å². The maximum absolute atomic E-state index is 4.54. The van der Waals surface area contributed by atoms with Crippen LogP contribution in [0.5, 0.6) is 0 Å². The lowest BCUT2D eigenvalue weighted by Crippen LogP contribution is -1.88. The standard InChI is InChI=1S/C17H23N/c1-3-4-5-6-7-8-15-10-12-17-16(13-15)11-9-14(2)18-17/h9-13H,3-8H2,1-2H3. The number of fused-ring (bicyclic) bond motifs is 1. The number of aryl methyl sites for hydroxylation is 2. The van der Waals surface area contributed by atoms with Crippen molar-refractivity contribution < 1.29 is 0 Å². The summed E-state index contributed by atoms with van der Waals surface area (Å²) in [5.41, 5.74) is 3.66. The van der Waals surface area contributed by atoms with Gasteiger partial charge in [-0.05, 0) is 43.5 Å². The highest BCUT2D eigenvalue weighted by atomic mass is 14.7. The van der Waals surface area contributed by atoms with E-state index in [-0.39, 0.29) is 0 Å². The van der Waals surface area contributed by atoms with Crippen LogP contribution in [0.4, 0.5) is 0 Å². The molecule has 96 valence electrons. The van der Waals surface area contributed by atoms with Gasteiger partial charge in [-0.3, -0.25) is 4.98 Å². The van der Waals surface area contributed by atoms with Crippen LogP contribution in [0.15, 0.2) is 30.3 Å². The van der Waals surface area contributed by atoms with Crippen molar-refractivity contribution >= 4 is 10.9 Å². The number of unbranched alkanes of at least 4 members (excludes halogenated alkanes) is 4. The number of pyridine rings is 1. The normalized spacial score (nSPS) is 11.0. The van der Waals surface area contributed by atoms with Crippen molar-refractivity contribution in [3.05, 3.63) is 41.6 Å². The molecule has 0 aliphatic heterocycles. The van der Waals surface area contributed by atoms with Crippen LogP contribution in [-0.2, 0) is 6.42 Å². The average molecular weight is 241 g/mol. The van der Waals surface area contributed by atoms with E-state index < -0.39 is 0 Å². The molecule has 0 aliphatic rings. The fourth-order valence-corrected chi connectivity index (χ4v) is 2.37. The first-order valence-corrected chi connectivity index (χ1v) is 7.16. The van der Waals surface area contributed by atoms with E-state index in [0.29, 0.717) is 0 Å². The van der Waals surface area contributed by atoms with Gasteiger partial charge in [-0.25, -0.2) is 0 Å². The molecular formula is C17H23N. The Labute approximate surface area is 110 Å². The Morgan fingerprint density at radius 2 is 1.78 bits per heavy atom. The molecule has 1 aromatic heterocycles. The first-order valence-electron chi connectivity index (χ1n) is 7.16. The van der Waals surface area contributed by atoms with E-state index in [9.17, 15) is 0 Å². The van der Waals surface area contributed by atoms with Crippen LogP contribution >= 0.6 is 0 Å². The summed E-state index contributed by atoms with van der Waals surface area (Å²) in [5.74, 6) is 0. The predicted octanol–water partition coefficient (Wildman–Crippen LogP) is 5.06. The van der Waals surface area contributed by atoms with E-state index in [1.165, 1.54) is 49.5 Å². The Morgan fingerprint density at radius 3 is 2.61 bits per heavy atom. The first kappa shape index (κ1) is 13.1. The summed E-state index contributed by atoms with van der Waals surface area (Å²) in [7, 11) is 0. The summed E-state index contributed by atoms with van der Waals surface area (Å²) in [5, 5.41) is 1.27. The lowest BCUT2D eigenvalue weighted by Gasteiger charge is -2.04. The molecule has 0 amide bonds. The molecule has 0 saturated heterocycles. The first-order chi connectivity index (χ1) is 8.79. The molecule has 1 nitrogen and oxygen atoms in total. The molecular weight excluding hydrogens is 218 g/mol. The zero-order chi connectivity index (χ0) is 12.8. The van der Waals surface area contributed by atoms with Gasteiger partial charge in [0, 0.05) is 11.1 Å². The van der Waals surface area contributed by atoms with Gasteiger partial charge in [0.2, 0.25) is 0 Å². The second-order valence-corrected chi connectivity index (χ2v) is 5.14. The molecule has 1 heteroatoms. The number of rotatable bonds is 6. The Balaban J connectivity index is 1.95. The highest BCUT2D eigenvalue weighted by Gasteiger charge is 1.98. The fourth-order valence-electron chi connectivity index (χ4n) is 2.37. The van der Waals surface area contributed by atoms with E-state index in [0.717, 1.165) is 11.2 Å². The molecule has 0 aliphatic carbocycles. The van der Waals surface area contributed by atoms with Crippen LogP contribution in [-0.4, -0.2) is 4.98 Å². The maximum Gasteiger partial charge on any atom is 0.0705 e. The Kier molecular flexibility index (Phi) is 4.74. The van der Waals surface area contributed by atoms with Gasteiger partial charge in [-0.1, -0.05) is 44.7 Å². The Morgan fingerprint density at radius 1 is 0.944 bits per heavy atom. The molecule has 0 N–H and O–H groups in total. The molecule has 0 bridgehead atoms. The summed E-state index contributed by atoms with van der Waals surface area (Å²) in [6.07, 6.45) is 7.95. The van der Waals surface area contributed by atoms with Gasteiger partial charge >= 0.3 is 0 Å². The zero-order valence-electron chi connectivity index (χ0n) is 11.6. The summed E-state index contributed by atoms with van der Waals surface area (Å²) < 4.78 is 0. The highest BCUT2D eigenvalue weighted by Crippen LogP contribution is 2.16. The molecule has 2 rings (SSSR count). The molecule has 1 heterocycles. The summed E-state index contributed by atoms with van der Waals surface area (Å²) in [6.45, 7) is 4.30. The number of hydrogen-bond acceptors (Lipinski definition) is 1. The van der Waals surface area contributed by atoms with Crippen LogP contribution in [0.25, 0.3) is 10.9 Å². The van der Waals surface area contributed by atoms with Crippen molar-refractivity contribution in [2.75, 3.05) is 0 Å². The van der Waals surface area contributed by atoms with Gasteiger partial charge in [-0.15, -0.1) is 0 Å². The fraction of sp³-hybridized carbons (Fsp3) is 0.471. The zero-order valence-corrected chi connectivity index (χ0v) is 11.6. The van der Waals surface area contributed by atoms with Gasteiger partial charge in [0.1, 0.15) is 0 Å². The minimum Gasteiger partial charge on any atom is -0.253 e. The van der Waals surface area contributed by atoms with Gasteiger partial charge in [0.05, 0.1) is 5.52 Å². The summed E-state index contributed by atoms with van der Waals surface area (Å²) >= 11 is 0. The van der Waals surface area contributed by atoms with Crippen LogP contribution in [0.3, 0.4) is 0 Å². The molecule has 0 saturated carbocycles. The number of nitrogens with zero attached hydrogens (tertiary/aromatic N) is 1. The molecule has 0 fully saturated rings. The van der Waals surface area contributed by atoms with Crippen molar-refractivity contribution in [1.29, 1.82) is 0 Å². The highest BCUT2D eigenvalue weighted by molar-refractivity contribution is 5.79. The molecule has 1 aromatic carbocycles. The summed E-state index contributed by atoms with van der Waals surface area (Å²) in [4.78, 5) is 4.54. The van der Waals surface area contributed by atoms with Crippen LogP contribution < -0.4 is 0 Å². The third kappa shape index (κ3) is 3.56. The van der Waals surface area contributed by atoms with Crippen molar-refractivity contribution in [2.24, 2.45) is 0 Å². The van der Waals surface area contributed by atoms with Crippen molar-refractivity contribution in [1.82, 2.24) is 4.98 Å².